The van der Waals surface area contributed by atoms with Crippen LogP contribution in [0.3, 0.4) is 0 Å². The van der Waals surface area contributed by atoms with Crippen LogP contribution in [0.5, 0.6) is 0 Å². The molecule has 0 spiro atoms. The molecule has 0 bridgehead atoms. The van der Waals surface area contributed by atoms with Crippen LogP contribution in [0.1, 0.15) is 26.2 Å². The van der Waals surface area contributed by atoms with Crippen molar-refractivity contribution in [1.29, 1.82) is 0 Å². The molecule has 0 amide bonds. The topological polar surface area (TPSA) is 49.4 Å². The number of nitrogens with one attached hydrogen (secondary N) is 1. The van der Waals surface area contributed by atoms with E-state index >= 15 is 0 Å². The Hall–Kier alpha value is -0.130. The van der Waals surface area contributed by atoms with Crippen LogP contribution in [-0.4, -0.2) is 56.5 Å². The largest absolute Gasteiger partial charge is 0.314 e. The maximum Gasteiger partial charge on any atom is 0.151 e. The first-order valence-electron chi connectivity index (χ1n) is 6.28. The highest BCUT2D eigenvalue weighted by Gasteiger charge is 2.33. The molecule has 2 rings (SSSR count). The highest BCUT2D eigenvalue weighted by atomic mass is 32.2. The van der Waals surface area contributed by atoms with Crippen LogP contribution in [0, 0.1) is 0 Å². The van der Waals surface area contributed by atoms with Gasteiger partial charge in [-0.25, -0.2) is 8.42 Å². The number of hydrogen-bond acceptors (Lipinski definition) is 4. The second kappa shape index (κ2) is 5.02. The van der Waals surface area contributed by atoms with Gasteiger partial charge >= 0.3 is 0 Å². The fraction of sp³-hybridized carbons (Fsp3) is 1.00. The highest BCUT2D eigenvalue weighted by Crippen LogP contribution is 2.21. The van der Waals surface area contributed by atoms with Crippen molar-refractivity contribution in [3.63, 3.8) is 0 Å². The van der Waals surface area contributed by atoms with Gasteiger partial charge in [0.15, 0.2) is 9.84 Å². The van der Waals surface area contributed by atoms with Gasteiger partial charge in [0.25, 0.3) is 0 Å². The van der Waals surface area contributed by atoms with Crippen LogP contribution < -0.4 is 5.32 Å². The molecule has 0 aromatic rings. The van der Waals surface area contributed by atoms with E-state index in [4.69, 9.17) is 0 Å². The third-order valence-corrected chi connectivity index (χ3v) is 5.50. The summed E-state index contributed by atoms with van der Waals surface area (Å²) in [5.74, 6) is 0.781. The van der Waals surface area contributed by atoms with Crippen LogP contribution in [0.25, 0.3) is 0 Å². The van der Waals surface area contributed by atoms with E-state index < -0.39 is 9.84 Å². The molecule has 1 N–H and O–H groups in total. The van der Waals surface area contributed by atoms with E-state index in [1.165, 1.54) is 0 Å². The van der Waals surface area contributed by atoms with Gasteiger partial charge in [-0.1, -0.05) is 6.92 Å². The zero-order valence-corrected chi connectivity index (χ0v) is 10.8. The van der Waals surface area contributed by atoms with E-state index in [2.05, 4.69) is 17.1 Å². The minimum atomic E-state index is -2.73. The molecule has 1 unspecified atom stereocenters. The summed E-state index contributed by atoms with van der Waals surface area (Å²) in [5, 5.41) is 3.47. The predicted octanol–water partition coefficient (Wildman–Crippen LogP) is 0.247. The van der Waals surface area contributed by atoms with Crippen LogP contribution in [-0.2, 0) is 9.84 Å². The van der Waals surface area contributed by atoms with Gasteiger partial charge in [-0.2, -0.15) is 0 Å². The van der Waals surface area contributed by atoms with E-state index in [0.29, 0.717) is 23.6 Å². The molecular formula is C11H22N2O2S. The molecule has 0 saturated carbocycles. The van der Waals surface area contributed by atoms with Crippen molar-refractivity contribution in [1.82, 2.24) is 10.2 Å². The van der Waals surface area contributed by atoms with E-state index in [1.54, 1.807) is 0 Å². The van der Waals surface area contributed by atoms with Crippen molar-refractivity contribution in [2.24, 2.45) is 0 Å². The minimum Gasteiger partial charge on any atom is -0.314 e. The zero-order chi connectivity index (χ0) is 11.6. The molecule has 5 heteroatoms. The summed E-state index contributed by atoms with van der Waals surface area (Å²) in [6.45, 7) is 5.27. The third-order valence-electron chi connectivity index (χ3n) is 3.75. The lowest BCUT2D eigenvalue weighted by Gasteiger charge is -2.35. The van der Waals surface area contributed by atoms with Crippen molar-refractivity contribution >= 4 is 9.84 Å². The van der Waals surface area contributed by atoms with Crippen LogP contribution >= 0.6 is 0 Å². The fourth-order valence-electron chi connectivity index (χ4n) is 2.82. The van der Waals surface area contributed by atoms with Gasteiger partial charge in [0, 0.05) is 12.1 Å². The molecule has 0 aromatic heterocycles. The molecule has 2 heterocycles. The van der Waals surface area contributed by atoms with E-state index in [9.17, 15) is 8.42 Å². The van der Waals surface area contributed by atoms with Gasteiger partial charge < -0.3 is 5.32 Å². The molecule has 2 aliphatic rings. The Labute approximate surface area is 98.3 Å². The van der Waals surface area contributed by atoms with E-state index in [-0.39, 0.29) is 0 Å². The first-order chi connectivity index (χ1) is 7.61. The summed E-state index contributed by atoms with van der Waals surface area (Å²) < 4.78 is 22.8. The summed E-state index contributed by atoms with van der Waals surface area (Å²) in [6.07, 6.45) is 3.16. The van der Waals surface area contributed by atoms with Crippen LogP contribution in [0.15, 0.2) is 0 Å². The molecule has 94 valence electrons. The van der Waals surface area contributed by atoms with Gasteiger partial charge in [0.05, 0.1) is 11.5 Å². The summed E-state index contributed by atoms with van der Waals surface area (Å²) in [7, 11) is -2.73. The Morgan fingerprint density at radius 3 is 2.44 bits per heavy atom. The van der Waals surface area contributed by atoms with Crippen molar-refractivity contribution < 1.29 is 8.42 Å². The second-order valence-electron chi connectivity index (χ2n) is 4.92. The number of nitrogens with zero attached hydrogens (tertiary/aromatic N) is 1. The molecule has 0 radical (unpaired) electrons. The lowest BCUT2D eigenvalue weighted by Crippen LogP contribution is -2.47. The Morgan fingerprint density at radius 1 is 1.25 bits per heavy atom. The number of rotatable bonds is 3. The second-order valence-corrected chi connectivity index (χ2v) is 7.15. The maximum absolute atomic E-state index is 11.4. The fourth-order valence-corrected chi connectivity index (χ4v) is 4.58. The van der Waals surface area contributed by atoms with Crippen molar-refractivity contribution in [2.75, 3.05) is 31.1 Å². The molecule has 4 nitrogen and oxygen atoms in total. The molecule has 0 aliphatic carbocycles. The minimum absolute atomic E-state index is 0.299. The standard InChI is InChI=1S/C11H22N2O2S/c1-2-12-10-3-6-13(7-4-10)11-5-8-16(14,15)9-11/h10-12H,2-9H2,1H3. The zero-order valence-electron chi connectivity index (χ0n) is 9.98. The molecule has 1 atom stereocenters. The van der Waals surface area contributed by atoms with Gasteiger partial charge in [-0.05, 0) is 38.9 Å². The van der Waals surface area contributed by atoms with E-state index in [0.717, 1.165) is 38.9 Å². The average Bonchev–Trinajstić information content (AvgIpc) is 2.61. The van der Waals surface area contributed by atoms with Gasteiger partial charge in [-0.3, -0.25) is 4.90 Å². The molecular weight excluding hydrogens is 224 g/mol. The van der Waals surface area contributed by atoms with E-state index in [1.807, 2.05) is 0 Å². The molecule has 0 aromatic carbocycles. The molecule has 16 heavy (non-hydrogen) atoms. The third kappa shape index (κ3) is 2.96. The van der Waals surface area contributed by atoms with Crippen LogP contribution in [0.4, 0.5) is 0 Å². The smallest absolute Gasteiger partial charge is 0.151 e. The Balaban J connectivity index is 1.81. The number of likely N-dealkylation sites (tertiary alicyclic amines) is 1. The maximum atomic E-state index is 11.4. The lowest BCUT2D eigenvalue weighted by atomic mass is 10.0. The number of piperidine rings is 1. The summed E-state index contributed by atoms with van der Waals surface area (Å²) in [4.78, 5) is 2.37. The van der Waals surface area contributed by atoms with Crippen molar-refractivity contribution in [2.45, 2.75) is 38.3 Å². The van der Waals surface area contributed by atoms with Gasteiger partial charge in [-0.15, -0.1) is 0 Å². The Bertz CT molecular complexity index is 321. The van der Waals surface area contributed by atoms with Crippen LogP contribution in [0.2, 0.25) is 0 Å². The first-order valence-corrected chi connectivity index (χ1v) is 8.11. The number of sulfone groups is 1. The molecule has 2 aliphatic heterocycles. The van der Waals surface area contributed by atoms with Crippen molar-refractivity contribution in [3.8, 4) is 0 Å². The highest BCUT2D eigenvalue weighted by molar-refractivity contribution is 7.91. The van der Waals surface area contributed by atoms with Gasteiger partial charge in [0.2, 0.25) is 0 Å². The quantitative estimate of drug-likeness (QED) is 0.775. The number of hydrogen-bond donors (Lipinski definition) is 1. The monoisotopic (exact) mass is 246 g/mol. The Kier molecular flexibility index (Phi) is 3.87. The summed E-state index contributed by atoms with van der Waals surface area (Å²) in [5.41, 5.74) is 0. The SMILES string of the molecule is CCNC1CCN(C2CCS(=O)(=O)C2)CC1. The molecule has 2 fully saturated rings. The van der Waals surface area contributed by atoms with Crippen molar-refractivity contribution in [3.05, 3.63) is 0 Å². The summed E-state index contributed by atoms with van der Waals surface area (Å²) in [6, 6.07) is 0.937. The first kappa shape index (κ1) is 12.3. The Morgan fingerprint density at radius 2 is 1.94 bits per heavy atom. The van der Waals surface area contributed by atoms with Gasteiger partial charge in [0.1, 0.15) is 0 Å². The molecule has 2 saturated heterocycles. The lowest BCUT2D eigenvalue weighted by molar-refractivity contribution is 0.155. The normalized spacial score (nSPS) is 31.9. The summed E-state index contributed by atoms with van der Waals surface area (Å²) >= 11 is 0. The average molecular weight is 246 g/mol. The predicted molar refractivity (Wildman–Crippen MR) is 65.3 cm³/mol.